The second kappa shape index (κ2) is 8.37. The number of aromatic nitrogens is 2. The van der Waals surface area contributed by atoms with Gasteiger partial charge in [0.1, 0.15) is 5.01 Å². The highest BCUT2D eigenvalue weighted by molar-refractivity contribution is 7.13. The molecule has 0 aliphatic rings. The van der Waals surface area contributed by atoms with Crippen LogP contribution in [0.4, 0.5) is 5.69 Å². The Balaban J connectivity index is 1.43. The van der Waals surface area contributed by atoms with Crippen LogP contribution in [0.15, 0.2) is 72.4 Å². The molecule has 2 aromatic carbocycles. The zero-order valence-electron chi connectivity index (χ0n) is 16.3. The molecular weight excluding hydrogens is 378 g/mol. The largest absolute Gasteiger partial charge is 0.326 e. The van der Waals surface area contributed by atoms with E-state index in [2.05, 4.69) is 21.7 Å². The quantitative estimate of drug-likeness (QED) is 0.470. The lowest BCUT2D eigenvalue weighted by atomic mass is 10.1. The molecule has 0 bridgehead atoms. The van der Waals surface area contributed by atoms with Crippen LogP contribution < -0.4 is 5.32 Å². The molecule has 0 saturated heterocycles. The number of rotatable bonds is 5. The third kappa shape index (κ3) is 4.76. The number of anilines is 1. The fourth-order valence-electron chi connectivity index (χ4n) is 3.26. The normalized spacial score (nSPS) is 10.7. The second-order valence-corrected chi connectivity index (χ2v) is 7.93. The molecule has 4 aromatic rings. The minimum Gasteiger partial charge on any atom is -0.326 e. The monoisotopic (exact) mass is 399 g/mol. The van der Waals surface area contributed by atoms with Gasteiger partial charge in [-0.1, -0.05) is 30.3 Å². The van der Waals surface area contributed by atoms with Crippen molar-refractivity contribution in [3.8, 4) is 21.8 Å². The van der Waals surface area contributed by atoms with Gasteiger partial charge in [0, 0.05) is 34.6 Å². The number of hydrogen-bond acceptors (Lipinski definition) is 4. The molecule has 5 heteroatoms. The maximum atomic E-state index is 12.4. The molecule has 144 valence electrons. The Labute approximate surface area is 174 Å². The molecular formula is C24H21N3OS. The van der Waals surface area contributed by atoms with Crippen LogP contribution in [-0.2, 0) is 11.2 Å². The van der Waals surface area contributed by atoms with Crippen LogP contribution >= 0.6 is 11.3 Å². The summed E-state index contributed by atoms with van der Waals surface area (Å²) in [7, 11) is 0. The maximum Gasteiger partial charge on any atom is 0.228 e. The van der Waals surface area contributed by atoms with Crippen molar-refractivity contribution in [1.29, 1.82) is 0 Å². The van der Waals surface area contributed by atoms with Gasteiger partial charge in [0.05, 0.1) is 12.1 Å². The standard InChI is InChI=1S/C24H21N3OS/c1-16-11-17(2)13-21(12-16)26-23(28)14-18-3-5-19(6-4-18)22-15-29-24(27-22)20-7-9-25-10-8-20/h3-13,15H,14H2,1-2H3,(H,26,28). The van der Waals surface area contributed by atoms with Crippen molar-refractivity contribution in [2.24, 2.45) is 0 Å². The van der Waals surface area contributed by atoms with E-state index in [4.69, 9.17) is 4.98 Å². The molecule has 4 nitrogen and oxygen atoms in total. The third-order valence-electron chi connectivity index (χ3n) is 4.55. The van der Waals surface area contributed by atoms with Gasteiger partial charge in [-0.3, -0.25) is 9.78 Å². The first-order chi connectivity index (χ1) is 14.1. The highest BCUT2D eigenvalue weighted by Gasteiger charge is 2.09. The lowest BCUT2D eigenvalue weighted by Gasteiger charge is -2.08. The first kappa shape index (κ1) is 19.0. The first-order valence-electron chi connectivity index (χ1n) is 9.40. The molecule has 2 heterocycles. The smallest absolute Gasteiger partial charge is 0.228 e. The molecule has 0 aliphatic heterocycles. The van der Waals surface area contributed by atoms with Gasteiger partial charge in [-0.2, -0.15) is 0 Å². The molecule has 0 fully saturated rings. The molecule has 1 N–H and O–H groups in total. The van der Waals surface area contributed by atoms with Crippen LogP contribution in [0.1, 0.15) is 16.7 Å². The van der Waals surface area contributed by atoms with E-state index < -0.39 is 0 Å². The van der Waals surface area contributed by atoms with Crippen LogP contribution in [0.5, 0.6) is 0 Å². The van der Waals surface area contributed by atoms with E-state index in [1.807, 2.05) is 62.4 Å². The van der Waals surface area contributed by atoms with Gasteiger partial charge in [0.25, 0.3) is 0 Å². The van der Waals surface area contributed by atoms with Crippen LogP contribution in [0, 0.1) is 13.8 Å². The van der Waals surface area contributed by atoms with Crippen molar-refractivity contribution in [2.45, 2.75) is 20.3 Å². The summed E-state index contributed by atoms with van der Waals surface area (Å²) in [6.45, 7) is 4.06. The number of nitrogens with zero attached hydrogens (tertiary/aromatic N) is 2. The summed E-state index contributed by atoms with van der Waals surface area (Å²) in [6.07, 6.45) is 3.88. The zero-order chi connectivity index (χ0) is 20.2. The van der Waals surface area contributed by atoms with Crippen LogP contribution in [0.3, 0.4) is 0 Å². The first-order valence-corrected chi connectivity index (χ1v) is 10.3. The van der Waals surface area contributed by atoms with Crippen molar-refractivity contribution >= 4 is 22.9 Å². The molecule has 4 rings (SSSR count). The highest BCUT2D eigenvalue weighted by atomic mass is 32.1. The minimum absolute atomic E-state index is 0.0172. The average Bonchev–Trinajstić information content (AvgIpc) is 3.18. The van der Waals surface area contributed by atoms with Gasteiger partial charge < -0.3 is 5.32 Å². The van der Waals surface area contributed by atoms with E-state index in [0.29, 0.717) is 6.42 Å². The summed E-state index contributed by atoms with van der Waals surface area (Å²) in [4.78, 5) is 21.2. The Morgan fingerprint density at radius 3 is 2.31 bits per heavy atom. The van der Waals surface area contributed by atoms with Crippen molar-refractivity contribution in [1.82, 2.24) is 9.97 Å². The number of hydrogen-bond donors (Lipinski definition) is 1. The Hall–Kier alpha value is -3.31. The molecule has 0 radical (unpaired) electrons. The summed E-state index contributed by atoms with van der Waals surface area (Å²) in [5, 5.41) is 6.01. The van der Waals surface area contributed by atoms with Gasteiger partial charge in [0.2, 0.25) is 5.91 Å². The Kier molecular flexibility index (Phi) is 5.49. The fourth-order valence-corrected chi connectivity index (χ4v) is 4.10. The van der Waals surface area contributed by atoms with Gasteiger partial charge in [-0.05, 0) is 54.8 Å². The van der Waals surface area contributed by atoms with Crippen molar-refractivity contribution in [2.75, 3.05) is 5.32 Å². The van der Waals surface area contributed by atoms with E-state index in [1.54, 1.807) is 23.7 Å². The number of benzene rings is 2. The van der Waals surface area contributed by atoms with Crippen LogP contribution in [0.25, 0.3) is 21.8 Å². The summed E-state index contributed by atoms with van der Waals surface area (Å²) in [6, 6.07) is 18.0. The average molecular weight is 400 g/mol. The highest BCUT2D eigenvalue weighted by Crippen LogP contribution is 2.28. The topological polar surface area (TPSA) is 54.9 Å². The predicted octanol–water partition coefficient (Wildman–Crippen LogP) is 5.67. The number of carbonyl (C=O) groups is 1. The second-order valence-electron chi connectivity index (χ2n) is 7.07. The lowest BCUT2D eigenvalue weighted by molar-refractivity contribution is -0.115. The summed E-state index contributed by atoms with van der Waals surface area (Å²) in [5.74, 6) is -0.0172. The molecule has 1 amide bonds. The van der Waals surface area contributed by atoms with Crippen molar-refractivity contribution in [3.63, 3.8) is 0 Å². The summed E-state index contributed by atoms with van der Waals surface area (Å²) in [5.41, 5.74) is 7.14. The number of carbonyl (C=O) groups excluding carboxylic acids is 1. The molecule has 29 heavy (non-hydrogen) atoms. The number of aryl methyl sites for hydroxylation is 2. The van der Waals surface area contributed by atoms with Gasteiger partial charge in [-0.15, -0.1) is 11.3 Å². The van der Waals surface area contributed by atoms with Crippen LogP contribution in [0.2, 0.25) is 0 Å². The molecule has 0 saturated carbocycles. The molecule has 0 unspecified atom stereocenters. The number of amides is 1. The third-order valence-corrected chi connectivity index (χ3v) is 5.44. The van der Waals surface area contributed by atoms with E-state index in [-0.39, 0.29) is 5.91 Å². The van der Waals surface area contributed by atoms with E-state index >= 15 is 0 Å². The van der Waals surface area contributed by atoms with E-state index in [0.717, 1.165) is 44.2 Å². The molecule has 0 spiro atoms. The van der Waals surface area contributed by atoms with Gasteiger partial charge in [0.15, 0.2) is 0 Å². The zero-order valence-corrected chi connectivity index (χ0v) is 17.2. The predicted molar refractivity (Wildman–Crippen MR) is 119 cm³/mol. The Morgan fingerprint density at radius 2 is 1.62 bits per heavy atom. The molecule has 0 atom stereocenters. The van der Waals surface area contributed by atoms with Gasteiger partial charge in [-0.25, -0.2) is 4.98 Å². The number of pyridine rings is 1. The van der Waals surface area contributed by atoms with E-state index in [1.165, 1.54) is 0 Å². The SMILES string of the molecule is Cc1cc(C)cc(NC(=O)Cc2ccc(-c3csc(-c4ccncc4)n3)cc2)c1. The Bertz CT molecular complexity index is 1110. The Morgan fingerprint density at radius 1 is 0.931 bits per heavy atom. The minimum atomic E-state index is -0.0172. The van der Waals surface area contributed by atoms with Crippen LogP contribution in [-0.4, -0.2) is 15.9 Å². The van der Waals surface area contributed by atoms with Crippen molar-refractivity contribution in [3.05, 3.63) is 89.1 Å². The molecule has 0 aliphatic carbocycles. The summed E-state index contributed by atoms with van der Waals surface area (Å²) >= 11 is 1.61. The fraction of sp³-hybridized carbons (Fsp3) is 0.125. The summed E-state index contributed by atoms with van der Waals surface area (Å²) < 4.78 is 0. The number of nitrogens with one attached hydrogen (secondary N) is 1. The maximum absolute atomic E-state index is 12.4. The van der Waals surface area contributed by atoms with Crippen molar-refractivity contribution < 1.29 is 4.79 Å². The lowest BCUT2D eigenvalue weighted by Crippen LogP contribution is -2.14. The van der Waals surface area contributed by atoms with E-state index in [9.17, 15) is 4.79 Å². The van der Waals surface area contributed by atoms with Gasteiger partial charge >= 0.3 is 0 Å². The molecule has 2 aromatic heterocycles. The number of thiazole rings is 1.